The van der Waals surface area contributed by atoms with Crippen LogP contribution >= 0.6 is 0 Å². The summed E-state index contributed by atoms with van der Waals surface area (Å²) in [7, 11) is 3.06. The molecule has 0 aliphatic rings. The van der Waals surface area contributed by atoms with Crippen molar-refractivity contribution in [2.45, 2.75) is 6.54 Å². The van der Waals surface area contributed by atoms with Gasteiger partial charge in [-0.3, -0.25) is 9.59 Å². The number of oxazole rings is 1. The van der Waals surface area contributed by atoms with E-state index in [4.69, 9.17) is 13.9 Å². The van der Waals surface area contributed by atoms with E-state index in [1.54, 1.807) is 0 Å². The number of carbonyl (C=O) groups is 2. The molecule has 1 aromatic heterocycles. The Kier molecular flexibility index (Phi) is 7.90. The highest BCUT2D eigenvalue weighted by atomic mass is 19.1. The predicted octanol–water partition coefficient (Wildman–Crippen LogP) is 1.48. The van der Waals surface area contributed by atoms with Gasteiger partial charge in [-0.15, -0.1) is 0 Å². The summed E-state index contributed by atoms with van der Waals surface area (Å²) in [4.78, 5) is 30.2. The van der Waals surface area contributed by atoms with Crippen molar-refractivity contribution < 1.29 is 27.9 Å². The normalized spacial score (nSPS) is 10.6. The zero-order valence-electron chi connectivity index (χ0n) is 15.2. The van der Waals surface area contributed by atoms with E-state index in [9.17, 15) is 14.0 Å². The van der Waals surface area contributed by atoms with E-state index in [0.717, 1.165) is 0 Å². The zero-order valence-corrected chi connectivity index (χ0v) is 15.2. The van der Waals surface area contributed by atoms with Gasteiger partial charge in [0.25, 0.3) is 11.8 Å². The van der Waals surface area contributed by atoms with Crippen molar-refractivity contribution in [3.05, 3.63) is 53.5 Å². The van der Waals surface area contributed by atoms with Crippen molar-refractivity contribution >= 4 is 11.8 Å². The minimum atomic E-state index is -0.424. The fourth-order valence-corrected chi connectivity index (χ4v) is 2.24. The van der Waals surface area contributed by atoms with Crippen LogP contribution in [-0.2, 0) is 16.0 Å². The van der Waals surface area contributed by atoms with Gasteiger partial charge in [0, 0.05) is 32.9 Å². The van der Waals surface area contributed by atoms with Crippen LogP contribution in [-0.4, -0.2) is 62.2 Å². The molecule has 2 amide bonds. The summed E-state index contributed by atoms with van der Waals surface area (Å²) in [6.45, 7) is 1.36. The highest BCUT2D eigenvalue weighted by molar-refractivity contribution is 5.94. The summed E-state index contributed by atoms with van der Waals surface area (Å²) in [5, 5.41) is 2.63. The standard InChI is InChI=1S/C18H22FN3O5/c1-25-9-7-20-17(23)15-12-27-16(21-15)11-22(8-10-26-2)18(24)13-3-5-14(19)6-4-13/h3-6,12H,7-11H2,1-2H3,(H,20,23). The number of ether oxygens (including phenoxy) is 2. The third-order valence-corrected chi connectivity index (χ3v) is 3.65. The van der Waals surface area contributed by atoms with E-state index in [0.29, 0.717) is 25.3 Å². The van der Waals surface area contributed by atoms with Crippen LogP contribution in [0.15, 0.2) is 34.9 Å². The van der Waals surface area contributed by atoms with Gasteiger partial charge in [0.1, 0.15) is 12.1 Å². The van der Waals surface area contributed by atoms with Gasteiger partial charge in [-0.2, -0.15) is 0 Å². The van der Waals surface area contributed by atoms with Gasteiger partial charge in [0.05, 0.1) is 19.8 Å². The zero-order chi connectivity index (χ0) is 19.6. The molecule has 0 atom stereocenters. The van der Waals surface area contributed by atoms with Gasteiger partial charge in [-0.05, 0) is 24.3 Å². The quantitative estimate of drug-likeness (QED) is 0.629. The van der Waals surface area contributed by atoms with E-state index in [1.807, 2.05) is 0 Å². The minimum absolute atomic E-state index is 0.0465. The lowest BCUT2D eigenvalue weighted by Gasteiger charge is -2.20. The molecule has 0 bridgehead atoms. The first-order valence-electron chi connectivity index (χ1n) is 8.30. The predicted molar refractivity (Wildman–Crippen MR) is 93.7 cm³/mol. The summed E-state index contributed by atoms with van der Waals surface area (Å²) in [5.74, 6) is -0.933. The number of nitrogens with one attached hydrogen (secondary N) is 1. The fraction of sp³-hybridized carbons (Fsp3) is 0.389. The van der Waals surface area contributed by atoms with Crippen LogP contribution in [0, 0.1) is 5.82 Å². The molecule has 0 spiro atoms. The molecule has 0 radical (unpaired) electrons. The minimum Gasteiger partial charge on any atom is -0.446 e. The van der Waals surface area contributed by atoms with Gasteiger partial charge in [0.15, 0.2) is 5.69 Å². The molecule has 0 saturated carbocycles. The van der Waals surface area contributed by atoms with Gasteiger partial charge in [0.2, 0.25) is 5.89 Å². The first-order chi connectivity index (χ1) is 13.0. The van der Waals surface area contributed by atoms with Crippen molar-refractivity contribution in [2.75, 3.05) is 40.5 Å². The molecule has 146 valence electrons. The van der Waals surface area contributed by atoms with Crippen LogP contribution in [0.5, 0.6) is 0 Å². The number of aromatic nitrogens is 1. The molecule has 1 heterocycles. The Morgan fingerprint density at radius 2 is 1.89 bits per heavy atom. The van der Waals surface area contributed by atoms with Gasteiger partial charge < -0.3 is 24.1 Å². The third kappa shape index (κ3) is 6.15. The van der Waals surface area contributed by atoms with Gasteiger partial charge in [-0.1, -0.05) is 0 Å². The molecule has 0 fully saturated rings. The number of benzene rings is 1. The number of methoxy groups -OCH3 is 2. The Labute approximate surface area is 156 Å². The second kappa shape index (κ2) is 10.4. The molecular formula is C18H22FN3O5. The largest absolute Gasteiger partial charge is 0.446 e. The van der Waals surface area contributed by atoms with Gasteiger partial charge in [-0.25, -0.2) is 9.37 Å². The highest BCUT2D eigenvalue weighted by Crippen LogP contribution is 2.11. The van der Waals surface area contributed by atoms with Crippen LogP contribution in [0.2, 0.25) is 0 Å². The topological polar surface area (TPSA) is 93.9 Å². The molecular weight excluding hydrogens is 357 g/mol. The Balaban J connectivity index is 2.06. The molecule has 9 heteroatoms. The van der Waals surface area contributed by atoms with E-state index in [2.05, 4.69) is 10.3 Å². The number of nitrogens with zero attached hydrogens (tertiary/aromatic N) is 2. The summed E-state index contributed by atoms with van der Waals surface area (Å²) in [6, 6.07) is 5.24. The SMILES string of the molecule is COCCNC(=O)c1coc(CN(CCOC)C(=O)c2ccc(F)cc2)n1. The van der Waals surface area contributed by atoms with Crippen molar-refractivity contribution in [3.63, 3.8) is 0 Å². The maximum absolute atomic E-state index is 13.1. The molecule has 2 rings (SSSR count). The smallest absolute Gasteiger partial charge is 0.273 e. The number of rotatable bonds is 10. The molecule has 8 nitrogen and oxygen atoms in total. The summed E-state index contributed by atoms with van der Waals surface area (Å²) in [5.41, 5.74) is 0.443. The summed E-state index contributed by atoms with van der Waals surface area (Å²) >= 11 is 0. The molecule has 2 aromatic rings. The number of hydrogen-bond donors (Lipinski definition) is 1. The summed E-state index contributed by atoms with van der Waals surface area (Å²) < 4.78 is 28.3. The highest BCUT2D eigenvalue weighted by Gasteiger charge is 2.20. The fourth-order valence-electron chi connectivity index (χ4n) is 2.24. The van der Waals surface area contributed by atoms with E-state index < -0.39 is 11.7 Å². The molecule has 27 heavy (non-hydrogen) atoms. The molecule has 1 N–H and O–H groups in total. The lowest BCUT2D eigenvalue weighted by atomic mass is 10.2. The number of hydrogen-bond acceptors (Lipinski definition) is 6. The molecule has 0 saturated heterocycles. The number of carbonyl (C=O) groups excluding carboxylic acids is 2. The van der Waals surface area contributed by atoms with Crippen LogP contribution in [0.25, 0.3) is 0 Å². The van der Waals surface area contributed by atoms with Crippen molar-refractivity contribution in [3.8, 4) is 0 Å². The second-order valence-corrected chi connectivity index (χ2v) is 5.60. The van der Waals surface area contributed by atoms with E-state index in [1.165, 1.54) is 49.6 Å². The van der Waals surface area contributed by atoms with Crippen molar-refractivity contribution in [1.29, 1.82) is 0 Å². The van der Waals surface area contributed by atoms with E-state index >= 15 is 0 Å². The summed E-state index contributed by atoms with van der Waals surface area (Å²) in [6.07, 6.45) is 1.23. The first-order valence-corrected chi connectivity index (χ1v) is 8.30. The van der Waals surface area contributed by atoms with Crippen LogP contribution < -0.4 is 5.32 Å². The monoisotopic (exact) mass is 379 g/mol. The maximum atomic E-state index is 13.1. The average molecular weight is 379 g/mol. The van der Waals surface area contributed by atoms with Crippen LogP contribution in [0.4, 0.5) is 4.39 Å². The van der Waals surface area contributed by atoms with Crippen molar-refractivity contribution in [1.82, 2.24) is 15.2 Å². The molecule has 1 aromatic carbocycles. The lowest BCUT2D eigenvalue weighted by Crippen LogP contribution is -2.33. The molecule has 0 aliphatic carbocycles. The lowest BCUT2D eigenvalue weighted by molar-refractivity contribution is 0.0662. The second-order valence-electron chi connectivity index (χ2n) is 5.60. The number of amides is 2. The molecule has 0 aliphatic heterocycles. The Bertz CT molecular complexity index is 748. The van der Waals surface area contributed by atoms with Gasteiger partial charge >= 0.3 is 0 Å². The Morgan fingerprint density at radius 3 is 2.56 bits per heavy atom. The van der Waals surface area contributed by atoms with E-state index in [-0.39, 0.29) is 30.6 Å². The maximum Gasteiger partial charge on any atom is 0.273 e. The Morgan fingerprint density at radius 1 is 1.19 bits per heavy atom. The average Bonchev–Trinajstić information content (AvgIpc) is 3.14. The van der Waals surface area contributed by atoms with Crippen LogP contribution in [0.3, 0.4) is 0 Å². The Hall–Kier alpha value is -2.78. The van der Waals surface area contributed by atoms with Crippen LogP contribution in [0.1, 0.15) is 26.7 Å². The first kappa shape index (κ1) is 20.5. The third-order valence-electron chi connectivity index (χ3n) is 3.65. The number of halogens is 1. The molecule has 0 unspecified atom stereocenters. The van der Waals surface area contributed by atoms with Crippen molar-refractivity contribution in [2.24, 2.45) is 0 Å².